The average molecular weight is 393 g/mol. The monoisotopic (exact) mass is 392 g/mol. The first-order chi connectivity index (χ1) is 12.4. The van der Waals surface area contributed by atoms with Crippen molar-refractivity contribution in [2.45, 2.75) is 26.7 Å². The van der Waals surface area contributed by atoms with E-state index in [1.165, 1.54) is 6.92 Å². The summed E-state index contributed by atoms with van der Waals surface area (Å²) >= 11 is 12.0. The van der Waals surface area contributed by atoms with Crippen molar-refractivity contribution in [2.24, 2.45) is 0 Å². The van der Waals surface area contributed by atoms with Crippen LogP contribution in [-0.4, -0.2) is 24.9 Å². The largest absolute Gasteiger partial charge is 0.356 e. The van der Waals surface area contributed by atoms with Gasteiger partial charge in [-0.15, -0.1) is 0 Å². The van der Waals surface area contributed by atoms with Gasteiger partial charge < -0.3 is 10.2 Å². The lowest BCUT2D eigenvalue weighted by Gasteiger charge is -2.21. The number of anilines is 1. The average Bonchev–Trinajstić information content (AvgIpc) is 2.59. The highest BCUT2D eigenvalue weighted by atomic mass is 35.5. The molecule has 2 amide bonds. The van der Waals surface area contributed by atoms with Gasteiger partial charge in [0, 0.05) is 42.2 Å². The second-order valence-corrected chi connectivity index (χ2v) is 6.92. The van der Waals surface area contributed by atoms with Gasteiger partial charge in [0.2, 0.25) is 11.8 Å². The number of aryl methyl sites for hydroxylation is 1. The van der Waals surface area contributed by atoms with E-state index in [0.29, 0.717) is 28.8 Å². The highest BCUT2D eigenvalue weighted by molar-refractivity contribution is 6.31. The van der Waals surface area contributed by atoms with Crippen molar-refractivity contribution in [3.05, 3.63) is 63.6 Å². The van der Waals surface area contributed by atoms with E-state index >= 15 is 0 Å². The fourth-order valence-electron chi connectivity index (χ4n) is 2.52. The van der Waals surface area contributed by atoms with Gasteiger partial charge in [-0.3, -0.25) is 9.59 Å². The van der Waals surface area contributed by atoms with E-state index < -0.39 is 0 Å². The van der Waals surface area contributed by atoms with Crippen LogP contribution in [0, 0.1) is 6.92 Å². The minimum atomic E-state index is -0.126. The van der Waals surface area contributed by atoms with E-state index in [1.807, 2.05) is 43.3 Å². The Morgan fingerprint density at radius 1 is 1.08 bits per heavy atom. The number of amides is 2. The first kappa shape index (κ1) is 20.3. The highest BCUT2D eigenvalue weighted by Crippen LogP contribution is 2.23. The van der Waals surface area contributed by atoms with Gasteiger partial charge in [0.25, 0.3) is 0 Å². The molecule has 2 aromatic rings. The Labute approximate surface area is 164 Å². The number of carbonyl (C=O) groups is 2. The third-order valence-corrected chi connectivity index (χ3v) is 4.72. The third-order valence-electron chi connectivity index (χ3n) is 4.06. The lowest BCUT2D eigenvalue weighted by Crippen LogP contribution is -2.34. The Hall–Kier alpha value is -2.04. The van der Waals surface area contributed by atoms with Gasteiger partial charge in [-0.05, 0) is 48.7 Å². The molecule has 0 aliphatic heterocycles. The number of carbonyl (C=O) groups excluding carboxylic acids is 2. The first-order valence-corrected chi connectivity index (χ1v) is 9.18. The van der Waals surface area contributed by atoms with Crippen molar-refractivity contribution in [1.82, 2.24) is 5.32 Å². The molecule has 0 radical (unpaired) electrons. The molecule has 0 aliphatic rings. The molecule has 0 atom stereocenters. The van der Waals surface area contributed by atoms with Crippen LogP contribution < -0.4 is 10.2 Å². The van der Waals surface area contributed by atoms with Gasteiger partial charge in [0.1, 0.15) is 0 Å². The van der Waals surface area contributed by atoms with Gasteiger partial charge in [-0.2, -0.15) is 0 Å². The maximum Gasteiger partial charge on any atom is 0.223 e. The maximum atomic E-state index is 12.1. The fourth-order valence-corrected chi connectivity index (χ4v) is 2.82. The Morgan fingerprint density at radius 3 is 2.38 bits per heavy atom. The first-order valence-electron chi connectivity index (χ1n) is 8.42. The Balaban J connectivity index is 1.84. The molecule has 0 bridgehead atoms. The fraction of sp³-hybridized carbons (Fsp3) is 0.300. The second-order valence-electron chi connectivity index (χ2n) is 6.08. The molecule has 2 aromatic carbocycles. The van der Waals surface area contributed by atoms with Crippen LogP contribution >= 0.6 is 23.2 Å². The van der Waals surface area contributed by atoms with Gasteiger partial charge in [0.05, 0.1) is 0 Å². The summed E-state index contributed by atoms with van der Waals surface area (Å²) in [5.74, 6) is -0.220. The summed E-state index contributed by atoms with van der Waals surface area (Å²) < 4.78 is 0. The molecular weight excluding hydrogens is 371 g/mol. The summed E-state index contributed by atoms with van der Waals surface area (Å²) in [6, 6.07) is 13.0. The molecule has 1 N–H and O–H groups in total. The number of nitrogens with one attached hydrogen (secondary N) is 1. The zero-order chi connectivity index (χ0) is 19.1. The summed E-state index contributed by atoms with van der Waals surface area (Å²) in [5.41, 5.74) is 2.75. The van der Waals surface area contributed by atoms with Crippen LogP contribution in [0.5, 0.6) is 0 Å². The van der Waals surface area contributed by atoms with E-state index in [9.17, 15) is 9.59 Å². The maximum absolute atomic E-state index is 12.1. The molecule has 0 spiro atoms. The van der Waals surface area contributed by atoms with Crippen molar-refractivity contribution >= 4 is 40.7 Å². The van der Waals surface area contributed by atoms with Crippen molar-refractivity contribution in [3.8, 4) is 0 Å². The lowest BCUT2D eigenvalue weighted by atomic mass is 10.1. The number of benzene rings is 2. The standard InChI is InChI=1S/C20H22Cl2N2O2/c1-14-3-8-18(13-19(14)22)24(15(2)25)12-10-20(26)23-11-9-16-4-6-17(21)7-5-16/h3-8,13H,9-12H2,1-2H3,(H,23,26). The van der Waals surface area contributed by atoms with Crippen LogP contribution in [0.1, 0.15) is 24.5 Å². The summed E-state index contributed by atoms with van der Waals surface area (Å²) in [4.78, 5) is 25.6. The predicted molar refractivity (Wildman–Crippen MR) is 107 cm³/mol. The number of nitrogens with zero attached hydrogens (tertiary/aromatic N) is 1. The molecule has 6 heteroatoms. The molecule has 0 saturated heterocycles. The van der Waals surface area contributed by atoms with Gasteiger partial charge in [-0.25, -0.2) is 0 Å². The van der Waals surface area contributed by atoms with Crippen LogP contribution in [-0.2, 0) is 16.0 Å². The van der Waals surface area contributed by atoms with E-state index in [0.717, 1.165) is 17.5 Å². The highest BCUT2D eigenvalue weighted by Gasteiger charge is 2.14. The van der Waals surface area contributed by atoms with Crippen LogP contribution in [0.15, 0.2) is 42.5 Å². The molecule has 2 rings (SSSR count). The molecule has 0 aromatic heterocycles. The summed E-state index contributed by atoms with van der Waals surface area (Å²) in [6.07, 6.45) is 0.957. The van der Waals surface area contributed by atoms with Crippen molar-refractivity contribution in [3.63, 3.8) is 0 Å². The van der Waals surface area contributed by atoms with E-state index in [-0.39, 0.29) is 18.2 Å². The number of hydrogen-bond acceptors (Lipinski definition) is 2. The minimum absolute atomic E-state index is 0.0941. The molecule has 0 heterocycles. The quantitative estimate of drug-likeness (QED) is 0.758. The lowest BCUT2D eigenvalue weighted by molar-refractivity contribution is -0.121. The Kier molecular flexibility index (Phi) is 7.49. The molecule has 0 unspecified atom stereocenters. The van der Waals surface area contributed by atoms with Gasteiger partial charge in [0.15, 0.2) is 0 Å². The summed E-state index contributed by atoms with van der Waals surface area (Å²) in [5, 5.41) is 4.17. The second kappa shape index (κ2) is 9.60. The van der Waals surface area contributed by atoms with E-state index in [4.69, 9.17) is 23.2 Å². The minimum Gasteiger partial charge on any atom is -0.356 e. The number of rotatable bonds is 7. The SMILES string of the molecule is CC(=O)N(CCC(=O)NCCc1ccc(Cl)cc1)c1ccc(C)c(Cl)c1. The smallest absolute Gasteiger partial charge is 0.223 e. The van der Waals surface area contributed by atoms with Crippen LogP contribution in [0.25, 0.3) is 0 Å². The molecule has 0 saturated carbocycles. The summed E-state index contributed by atoms with van der Waals surface area (Å²) in [7, 11) is 0. The Morgan fingerprint density at radius 2 is 1.77 bits per heavy atom. The third kappa shape index (κ3) is 6.04. The number of hydrogen-bond donors (Lipinski definition) is 1. The number of halogens is 2. The molecular formula is C20H22Cl2N2O2. The van der Waals surface area contributed by atoms with E-state index in [1.54, 1.807) is 11.0 Å². The zero-order valence-corrected chi connectivity index (χ0v) is 16.4. The molecule has 26 heavy (non-hydrogen) atoms. The normalized spacial score (nSPS) is 10.5. The van der Waals surface area contributed by atoms with Crippen LogP contribution in [0.2, 0.25) is 10.0 Å². The van der Waals surface area contributed by atoms with Crippen molar-refractivity contribution in [1.29, 1.82) is 0 Å². The van der Waals surface area contributed by atoms with Crippen molar-refractivity contribution < 1.29 is 9.59 Å². The predicted octanol–water partition coefficient (Wildman–Crippen LogP) is 4.40. The molecule has 138 valence electrons. The Bertz CT molecular complexity index is 776. The van der Waals surface area contributed by atoms with Gasteiger partial charge in [-0.1, -0.05) is 41.4 Å². The van der Waals surface area contributed by atoms with Gasteiger partial charge >= 0.3 is 0 Å². The zero-order valence-electron chi connectivity index (χ0n) is 14.9. The molecule has 0 fully saturated rings. The van der Waals surface area contributed by atoms with Crippen molar-refractivity contribution in [2.75, 3.05) is 18.0 Å². The molecule has 0 aliphatic carbocycles. The topological polar surface area (TPSA) is 49.4 Å². The molecule has 4 nitrogen and oxygen atoms in total. The van der Waals surface area contributed by atoms with Crippen LogP contribution in [0.3, 0.4) is 0 Å². The summed E-state index contributed by atoms with van der Waals surface area (Å²) in [6.45, 7) is 4.23. The van der Waals surface area contributed by atoms with E-state index in [2.05, 4.69) is 5.32 Å². The van der Waals surface area contributed by atoms with Crippen LogP contribution in [0.4, 0.5) is 5.69 Å².